The Morgan fingerprint density at radius 2 is 1.75 bits per heavy atom. The lowest BCUT2D eigenvalue weighted by Gasteiger charge is -2.30. The first-order valence-electron chi connectivity index (χ1n) is 10.4. The van der Waals surface area contributed by atoms with E-state index in [4.69, 9.17) is 4.74 Å². The highest BCUT2D eigenvalue weighted by atomic mass is 16.6. The number of unbranched alkanes of at least 4 members (excludes halogenated alkanes) is 3. The molecule has 0 radical (unpaired) electrons. The monoisotopic (exact) mass is 390 g/mol. The Kier molecular flexibility index (Phi) is 9.50. The summed E-state index contributed by atoms with van der Waals surface area (Å²) in [5.41, 5.74) is 0.612. The lowest BCUT2D eigenvalue weighted by molar-refractivity contribution is -0.159. The molecule has 5 nitrogen and oxygen atoms in total. The summed E-state index contributed by atoms with van der Waals surface area (Å²) in [7, 11) is 0. The fourth-order valence-electron chi connectivity index (χ4n) is 2.77. The number of ether oxygens (including phenoxy) is 1. The van der Waals surface area contributed by atoms with Crippen molar-refractivity contribution in [2.45, 2.75) is 91.2 Å². The molecule has 1 amide bonds. The van der Waals surface area contributed by atoms with Crippen molar-refractivity contribution < 1.29 is 14.3 Å². The van der Waals surface area contributed by atoms with Crippen LogP contribution in [0.15, 0.2) is 24.3 Å². The summed E-state index contributed by atoms with van der Waals surface area (Å²) in [5, 5.41) is 6.24. The van der Waals surface area contributed by atoms with Gasteiger partial charge in [0.05, 0.1) is 0 Å². The van der Waals surface area contributed by atoms with E-state index in [1.54, 1.807) is 0 Å². The molecule has 0 saturated carbocycles. The lowest BCUT2D eigenvalue weighted by Crippen LogP contribution is -2.44. The van der Waals surface area contributed by atoms with E-state index in [2.05, 4.69) is 17.6 Å². The maximum Gasteiger partial charge on any atom is 0.331 e. The maximum atomic E-state index is 12.4. The van der Waals surface area contributed by atoms with Gasteiger partial charge in [0, 0.05) is 18.7 Å². The first-order chi connectivity index (χ1) is 13.0. The summed E-state index contributed by atoms with van der Waals surface area (Å²) in [5.74, 6) is -0.169. The van der Waals surface area contributed by atoms with Gasteiger partial charge in [-0.25, -0.2) is 4.79 Å². The number of benzene rings is 1. The molecule has 0 heterocycles. The van der Waals surface area contributed by atoms with Gasteiger partial charge in [0.2, 0.25) is 5.91 Å². The van der Waals surface area contributed by atoms with Crippen LogP contribution in [0, 0.1) is 0 Å². The van der Waals surface area contributed by atoms with Gasteiger partial charge in [-0.3, -0.25) is 4.79 Å². The van der Waals surface area contributed by atoms with Gasteiger partial charge >= 0.3 is 5.97 Å². The molecule has 0 aliphatic carbocycles. The molecule has 0 aromatic heterocycles. The van der Waals surface area contributed by atoms with Gasteiger partial charge in [-0.1, -0.05) is 38.3 Å². The van der Waals surface area contributed by atoms with Gasteiger partial charge < -0.3 is 15.4 Å². The van der Waals surface area contributed by atoms with Crippen LogP contribution in [0.3, 0.4) is 0 Å². The zero-order chi connectivity index (χ0) is 21.2. The minimum atomic E-state index is -0.835. The van der Waals surface area contributed by atoms with Crippen molar-refractivity contribution in [1.29, 1.82) is 0 Å². The SMILES string of the molecule is CCCCCCC(=O)NCCc1cccc(NC(C)(C)C(=O)OC(C)(C)C)c1. The Morgan fingerprint density at radius 3 is 2.39 bits per heavy atom. The van der Waals surface area contributed by atoms with Crippen molar-refractivity contribution in [3.05, 3.63) is 29.8 Å². The Hall–Kier alpha value is -2.04. The highest BCUT2D eigenvalue weighted by molar-refractivity contribution is 5.83. The fourth-order valence-corrected chi connectivity index (χ4v) is 2.77. The average Bonchev–Trinajstić information content (AvgIpc) is 2.57. The summed E-state index contributed by atoms with van der Waals surface area (Å²) in [6, 6.07) is 7.93. The van der Waals surface area contributed by atoms with Crippen LogP contribution in [-0.4, -0.2) is 29.6 Å². The second-order valence-corrected chi connectivity index (χ2v) is 8.86. The quantitative estimate of drug-likeness (QED) is 0.419. The molecule has 0 atom stereocenters. The molecule has 0 saturated heterocycles. The van der Waals surface area contributed by atoms with Crippen molar-refractivity contribution in [2.75, 3.05) is 11.9 Å². The Balaban J connectivity index is 2.51. The molecule has 0 bridgehead atoms. The number of anilines is 1. The molecular weight excluding hydrogens is 352 g/mol. The normalized spacial score (nSPS) is 11.8. The second kappa shape index (κ2) is 11.1. The number of carbonyl (C=O) groups is 2. The number of hydrogen-bond acceptors (Lipinski definition) is 4. The average molecular weight is 391 g/mol. The van der Waals surface area contributed by atoms with E-state index in [1.165, 1.54) is 12.8 Å². The van der Waals surface area contributed by atoms with E-state index >= 15 is 0 Å². The van der Waals surface area contributed by atoms with Crippen LogP contribution in [0.5, 0.6) is 0 Å². The molecule has 0 fully saturated rings. The predicted octanol–water partition coefficient (Wildman–Crippen LogP) is 4.85. The van der Waals surface area contributed by atoms with Crippen molar-refractivity contribution in [3.8, 4) is 0 Å². The Morgan fingerprint density at radius 1 is 1.04 bits per heavy atom. The van der Waals surface area contributed by atoms with Gasteiger partial charge in [-0.05, 0) is 65.2 Å². The lowest BCUT2D eigenvalue weighted by atomic mass is 10.0. The van der Waals surface area contributed by atoms with E-state index < -0.39 is 11.1 Å². The third-order valence-electron chi connectivity index (χ3n) is 4.29. The molecule has 158 valence electrons. The molecule has 5 heteroatoms. The minimum Gasteiger partial charge on any atom is -0.458 e. The number of hydrogen-bond donors (Lipinski definition) is 2. The second-order valence-electron chi connectivity index (χ2n) is 8.86. The Bertz CT molecular complexity index is 633. The zero-order valence-electron chi connectivity index (χ0n) is 18.5. The van der Waals surface area contributed by atoms with E-state index in [0.717, 1.165) is 30.5 Å². The van der Waals surface area contributed by atoms with Crippen LogP contribution in [-0.2, 0) is 20.7 Å². The van der Waals surface area contributed by atoms with Gasteiger partial charge in [0.15, 0.2) is 0 Å². The van der Waals surface area contributed by atoms with E-state index in [1.807, 2.05) is 58.9 Å². The number of rotatable bonds is 11. The van der Waals surface area contributed by atoms with Crippen LogP contribution in [0.25, 0.3) is 0 Å². The summed E-state index contributed by atoms with van der Waals surface area (Å²) >= 11 is 0. The van der Waals surface area contributed by atoms with Crippen LogP contribution in [0.1, 0.15) is 79.2 Å². The fraction of sp³-hybridized carbons (Fsp3) is 0.652. The van der Waals surface area contributed by atoms with Gasteiger partial charge in [-0.2, -0.15) is 0 Å². The molecule has 28 heavy (non-hydrogen) atoms. The molecular formula is C23H38N2O3. The standard InChI is InChI=1S/C23H38N2O3/c1-7-8-9-10-14-20(26)24-16-15-18-12-11-13-19(17-18)25-23(5,6)21(27)28-22(2,3)4/h11-13,17,25H,7-10,14-16H2,1-6H3,(H,24,26). The number of esters is 1. The largest absolute Gasteiger partial charge is 0.458 e. The number of carbonyl (C=O) groups excluding carboxylic acids is 2. The third-order valence-corrected chi connectivity index (χ3v) is 4.29. The van der Waals surface area contributed by atoms with Gasteiger partial charge in [-0.15, -0.1) is 0 Å². The molecule has 0 aliphatic rings. The van der Waals surface area contributed by atoms with Gasteiger partial charge in [0.1, 0.15) is 11.1 Å². The number of nitrogens with one attached hydrogen (secondary N) is 2. The summed E-state index contributed by atoms with van der Waals surface area (Å²) in [4.78, 5) is 24.3. The summed E-state index contributed by atoms with van der Waals surface area (Å²) < 4.78 is 5.49. The van der Waals surface area contributed by atoms with E-state index in [-0.39, 0.29) is 11.9 Å². The number of amides is 1. The van der Waals surface area contributed by atoms with Crippen molar-refractivity contribution >= 4 is 17.6 Å². The van der Waals surface area contributed by atoms with Crippen LogP contribution in [0.4, 0.5) is 5.69 Å². The van der Waals surface area contributed by atoms with Crippen LogP contribution in [0.2, 0.25) is 0 Å². The summed E-state index contributed by atoms with van der Waals surface area (Å²) in [6.07, 6.45) is 5.79. The third kappa shape index (κ3) is 9.77. The molecule has 0 aliphatic heterocycles. The van der Waals surface area contributed by atoms with Crippen LogP contribution < -0.4 is 10.6 Å². The molecule has 2 N–H and O–H groups in total. The minimum absolute atomic E-state index is 0.122. The highest BCUT2D eigenvalue weighted by Crippen LogP contribution is 2.20. The maximum absolute atomic E-state index is 12.4. The summed E-state index contributed by atoms with van der Waals surface area (Å²) in [6.45, 7) is 12.0. The van der Waals surface area contributed by atoms with Crippen molar-refractivity contribution in [3.63, 3.8) is 0 Å². The first kappa shape index (κ1) is 24.0. The van der Waals surface area contributed by atoms with Crippen molar-refractivity contribution in [2.24, 2.45) is 0 Å². The van der Waals surface area contributed by atoms with Gasteiger partial charge in [0.25, 0.3) is 0 Å². The topological polar surface area (TPSA) is 67.4 Å². The molecule has 1 aromatic rings. The molecule has 1 aromatic carbocycles. The highest BCUT2D eigenvalue weighted by Gasteiger charge is 2.32. The Labute approximate surface area is 170 Å². The van der Waals surface area contributed by atoms with E-state index in [0.29, 0.717) is 13.0 Å². The predicted molar refractivity (Wildman–Crippen MR) is 115 cm³/mol. The van der Waals surface area contributed by atoms with Crippen molar-refractivity contribution in [1.82, 2.24) is 5.32 Å². The molecule has 1 rings (SSSR count). The van der Waals surface area contributed by atoms with E-state index in [9.17, 15) is 9.59 Å². The smallest absolute Gasteiger partial charge is 0.331 e. The first-order valence-corrected chi connectivity index (χ1v) is 10.4. The molecule has 0 unspecified atom stereocenters. The molecule has 0 spiro atoms. The zero-order valence-corrected chi connectivity index (χ0v) is 18.5. The van der Waals surface area contributed by atoms with Crippen LogP contribution >= 0.6 is 0 Å².